The number of aromatic nitrogens is 2. The zero-order chi connectivity index (χ0) is 13.1. The largest absolute Gasteiger partial charge is 0.462 e. The smallest absolute Gasteiger partial charge is 0.319 e. The van der Waals surface area contributed by atoms with Crippen molar-refractivity contribution in [2.45, 2.75) is 13.8 Å². The van der Waals surface area contributed by atoms with Gasteiger partial charge in [-0.05, 0) is 26.0 Å². The van der Waals surface area contributed by atoms with Crippen LogP contribution in [0.3, 0.4) is 0 Å². The second-order valence-corrected chi connectivity index (χ2v) is 3.59. The number of nitrogens with zero attached hydrogens (tertiary/aromatic N) is 3. The van der Waals surface area contributed by atoms with Crippen molar-refractivity contribution in [1.29, 1.82) is 0 Å². The summed E-state index contributed by atoms with van der Waals surface area (Å²) in [5.74, 6) is 0.707. The molecule has 7 heteroatoms. The highest BCUT2D eigenvalue weighted by atomic mass is 16.6. The molecule has 0 spiro atoms. The Morgan fingerprint density at radius 2 is 2.28 bits per heavy atom. The summed E-state index contributed by atoms with van der Waals surface area (Å²) in [5.41, 5.74) is 0.359. The van der Waals surface area contributed by atoms with Gasteiger partial charge in [-0.25, -0.2) is 9.97 Å². The highest BCUT2D eigenvalue weighted by Crippen LogP contribution is 2.31. The molecule has 0 saturated carbocycles. The third kappa shape index (κ3) is 2.15. The number of rotatable bonds is 4. The SMILES string of the molecule is CCNc1nc(C)c([N+](=O)[O-])c(-c2ccco2)n1. The molecule has 18 heavy (non-hydrogen) atoms. The van der Waals surface area contributed by atoms with Crippen molar-refractivity contribution in [2.75, 3.05) is 11.9 Å². The molecule has 0 aromatic carbocycles. The zero-order valence-electron chi connectivity index (χ0n) is 10.0. The number of hydrogen-bond donors (Lipinski definition) is 1. The van der Waals surface area contributed by atoms with Gasteiger partial charge in [0.2, 0.25) is 5.95 Å². The Morgan fingerprint density at radius 1 is 1.50 bits per heavy atom. The highest BCUT2D eigenvalue weighted by Gasteiger charge is 2.24. The van der Waals surface area contributed by atoms with Crippen LogP contribution in [0, 0.1) is 17.0 Å². The van der Waals surface area contributed by atoms with Gasteiger partial charge in [0.25, 0.3) is 0 Å². The molecule has 0 atom stereocenters. The minimum atomic E-state index is -0.497. The molecule has 0 aliphatic carbocycles. The molecule has 2 aromatic heterocycles. The molecule has 2 rings (SSSR count). The van der Waals surface area contributed by atoms with E-state index in [1.54, 1.807) is 19.1 Å². The Bertz CT molecular complexity index is 566. The molecule has 0 aliphatic rings. The van der Waals surface area contributed by atoms with Crippen molar-refractivity contribution < 1.29 is 9.34 Å². The van der Waals surface area contributed by atoms with Gasteiger partial charge < -0.3 is 9.73 Å². The van der Waals surface area contributed by atoms with Gasteiger partial charge in [0.1, 0.15) is 5.69 Å². The third-order valence-corrected chi connectivity index (χ3v) is 2.33. The van der Waals surface area contributed by atoms with E-state index in [-0.39, 0.29) is 11.4 Å². The zero-order valence-corrected chi connectivity index (χ0v) is 10.0. The van der Waals surface area contributed by atoms with Crippen LogP contribution in [0.5, 0.6) is 0 Å². The molecule has 0 saturated heterocycles. The van der Waals surface area contributed by atoms with Crippen LogP contribution in [0.15, 0.2) is 22.8 Å². The van der Waals surface area contributed by atoms with Crippen LogP contribution in [0.1, 0.15) is 12.6 Å². The summed E-state index contributed by atoms with van der Waals surface area (Å²) in [6, 6.07) is 3.29. The van der Waals surface area contributed by atoms with E-state index >= 15 is 0 Å². The van der Waals surface area contributed by atoms with Crippen molar-refractivity contribution in [3.63, 3.8) is 0 Å². The highest BCUT2D eigenvalue weighted by molar-refractivity contribution is 5.67. The van der Waals surface area contributed by atoms with Crippen molar-refractivity contribution >= 4 is 11.6 Å². The second-order valence-electron chi connectivity index (χ2n) is 3.59. The minimum absolute atomic E-state index is 0.133. The molecule has 1 N–H and O–H groups in total. The van der Waals surface area contributed by atoms with Gasteiger partial charge in [0, 0.05) is 6.54 Å². The average molecular weight is 248 g/mol. The van der Waals surface area contributed by atoms with E-state index in [0.29, 0.717) is 23.9 Å². The van der Waals surface area contributed by atoms with Crippen molar-refractivity contribution in [1.82, 2.24) is 9.97 Å². The summed E-state index contributed by atoms with van der Waals surface area (Å²) >= 11 is 0. The topological polar surface area (TPSA) is 94.1 Å². The molecule has 0 amide bonds. The molecule has 7 nitrogen and oxygen atoms in total. The molecule has 0 fully saturated rings. The van der Waals surface area contributed by atoms with E-state index in [0.717, 1.165) is 0 Å². The molecular weight excluding hydrogens is 236 g/mol. The van der Waals surface area contributed by atoms with Gasteiger partial charge in [-0.2, -0.15) is 0 Å². The summed E-state index contributed by atoms with van der Waals surface area (Å²) in [5, 5.41) is 14.0. The second kappa shape index (κ2) is 4.82. The van der Waals surface area contributed by atoms with E-state index in [4.69, 9.17) is 4.42 Å². The first kappa shape index (κ1) is 12.0. The van der Waals surface area contributed by atoms with Crippen molar-refractivity contribution in [2.24, 2.45) is 0 Å². The fraction of sp³-hybridized carbons (Fsp3) is 0.273. The van der Waals surface area contributed by atoms with Gasteiger partial charge >= 0.3 is 5.69 Å². The molecule has 2 heterocycles. The van der Waals surface area contributed by atoms with E-state index in [9.17, 15) is 10.1 Å². The molecule has 0 unspecified atom stereocenters. The summed E-state index contributed by atoms with van der Waals surface area (Å²) in [6.07, 6.45) is 1.45. The Kier molecular flexibility index (Phi) is 3.22. The number of aryl methyl sites for hydroxylation is 1. The van der Waals surface area contributed by atoms with Gasteiger partial charge in [0.15, 0.2) is 11.5 Å². The number of nitrogens with one attached hydrogen (secondary N) is 1. The molecule has 0 aliphatic heterocycles. The van der Waals surface area contributed by atoms with E-state index in [1.165, 1.54) is 6.26 Å². The van der Waals surface area contributed by atoms with Crippen LogP contribution < -0.4 is 5.32 Å². The van der Waals surface area contributed by atoms with Crippen LogP contribution in [0.25, 0.3) is 11.5 Å². The average Bonchev–Trinajstić information content (AvgIpc) is 2.81. The van der Waals surface area contributed by atoms with E-state index in [2.05, 4.69) is 15.3 Å². The lowest BCUT2D eigenvalue weighted by atomic mass is 10.2. The van der Waals surface area contributed by atoms with Gasteiger partial charge in [-0.3, -0.25) is 10.1 Å². The Balaban J connectivity index is 2.63. The quantitative estimate of drug-likeness (QED) is 0.659. The minimum Gasteiger partial charge on any atom is -0.462 e. The third-order valence-electron chi connectivity index (χ3n) is 2.33. The van der Waals surface area contributed by atoms with Gasteiger partial charge in [-0.15, -0.1) is 0 Å². The van der Waals surface area contributed by atoms with Gasteiger partial charge in [-0.1, -0.05) is 0 Å². The predicted molar refractivity (Wildman–Crippen MR) is 65.3 cm³/mol. The summed E-state index contributed by atoms with van der Waals surface area (Å²) < 4.78 is 5.18. The first-order chi connectivity index (χ1) is 8.63. The van der Waals surface area contributed by atoms with Crippen LogP contribution in [-0.4, -0.2) is 21.4 Å². The maximum absolute atomic E-state index is 11.1. The van der Waals surface area contributed by atoms with E-state index in [1.807, 2.05) is 6.92 Å². The predicted octanol–water partition coefficient (Wildman–Crippen LogP) is 2.39. The first-order valence-corrected chi connectivity index (χ1v) is 5.44. The Labute approximate surface area is 103 Å². The Hall–Kier alpha value is -2.44. The molecule has 0 radical (unpaired) electrons. The number of nitro groups is 1. The molecule has 0 bridgehead atoms. The lowest BCUT2D eigenvalue weighted by Crippen LogP contribution is -2.07. The molecule has 94 valence electrons. The summed E-state index contributed by atoms with van der Waals surface area (Å²) in [4.78, 5) is 18.8. The lowest BCUT2D eigenvalue weighted by Gasteiger charge is -2.06. The number of anilines is 1. The van der Waals surface area contributed by atoms with Crippen LogP contribution in [-0.2, 0) is 0 Å². The molecule has 2 aromatic rings. The fourth-order valence-electron chi connectivity index (χ4n) is 1.61. The lowest BCUT2D eigenvalue weighted by molar-refractivity contribution is -0.385. The van der Waals surface area contributed by atoms with Crippen molar-refractivity contribution in [3.05, 3.63) is 34.2 Å². The summed E-state index contributed by atoms with van der Waals surface area (Å²) in [7, 11) is 0. The standard InChI is InChI=1S/C11H12N4O3/c1-3-12-11-13-7(2)10(15(16)17)9(14-11)8-5-4-6-18-8/h4-6H,3H2,1-2H3,(H,12,13,14). The Morgan fingerprint density at radius 3 is 2.83 bits per heavy atom. The van der Waals surface area contributed by atoms with Crippen LogP contribution in [0.4, 0.5) is 11.6 Å². The first-order valence-electron chi connectivity index (χ1n) is 5.44. The normalized spacial score (nSPS) is 10.3. The monoisotopic (exact) mass is 248 g/mol. The number of furan rings is 1. The fourth-order valence-corrected chi connectivity index (χ4v) is 1.61. The van der Waals surface area contributed by atoms with Gasteiger partial charge in [0.05, 0.1) is 11.2 Å². The van der Waals surface area contributed by atoms with E-state index < -0.39 is 4.92 Å². The number of hydrogen-bond acceptors (Lipinski definition) is 6. The van der Waals surface area contributed by atoms with Crippen LogP contribution in [0.2, 0.25) is 0 Å². The van der Waals surface area contributed by atoms with Crippen LogP contribution >= 0.6 is 0 Å². The summed E-state index contributed by atoms with van der Waals surface area (Å²) in [6.45, 7) is 4.11. The maximum atomic E-state index is 11.1. The van der Waals surface area contributed by atoms with Crippen molar-refractivity contribution in [3.8, 4) is 11.5 Å². The maximum Gasteiger partial charge on any atom is 0.319 e. The molecular formula is C11H12N4O3.